The molecular weight excluding hydrogens is 462 g/mol. The molecule has 2 N–H and O–H groups in total. The second-order valence-corrected chi connectivity index (χ2v) is 11.0. The van der Waals surface area contributed by atoms with Gasteiger partial charge in [0.15, 0.2) is 0 Å². The summed E-state index contributed by atoms with van der Waals surface area (Å²) in [6.45, 7) is 9.92. The van der Waals surface area contributed by atoms with Crippen LogP contribution in [-0.2, 0) is 9.59 Å². The van der Waals surface area contributed by atoms with Gasteiger partial charge in [0.2, 0.25) is 11.8 Å². The fourth-order valence-corrected chi connectivity index (χ4v) is 6.08. The molecule has 8 heteroatoms. The van der Waals surface area contributed by atoms with Crippen molar-refractivity contribution in [3.63, 3.8) is 0 Å². The van der Waals surface area contributed by atoms with Crippen LogP contribution in [0.25, 0.3) is 0 Å². The lowest BCUT2D eigenvalue weighted by molar-refractivity contribution is -0.141. The number of hydrogen-bond donors (Lipinski definition) is 2. The average molecular weight is 498 g/mol. The summed E-state index contributed by atoms with van der Waals surface area (Å²) in [5.41, 5.74) is 3.07. The van der Waals surface area contributed by atoms with E-state index in [-0.39, 0.29) is 36.7 Å². The zero-order chi connectivity index (χ0) is 25.3. The van der Waals surface area contributed by atoms with Gasteiger partial charge in [0.25, 0.3) is 0 Å². The molecule has 4 rings (SSSR count). The topological polar surface area (TPSA) is 95.7 Å². The Labute approximate surface area is 210 Å². The number of β-amino-alcohol motifs (C(OH)–C–C–N with tert-alkyl or cyclic N) is 1. The molecule has 2 amide bonds. The van der Waals surface area contributed by atoms with Crippen molar-refractivity contribution in [2.24, 2.45) is 5.92 Å². The zero-order valence-electron chi connectivity index (χ0n) is 21.0. The van der Waals surface area contributed by atoms with Crippen molar-refractivity contribution in [1.82, 2.24) is 15.4 Å². The number of likely N-dealkylation sites (tertiary alicyclic amines) is 1. The molecule has 1 fully saturated rings. The monoisotopic (exact) mass is 497 g/mol. The first-order valence-electron chi connectivity index (χ1n) is 12.3. The largest absolute Gasteiger partial charge is 0.391 e. The summed E-state index contributed by atoms with van der Waals surface area (Å²) < 4.78 is 5.40. The van der Waals surface area contributed by atoms with Gasteiger partial charge in [-0.15, -0.1) is 11.3 Å². The number of allylic oxidation sites excluding steroid dienone is 2. The van der Waals surface area contributed by atoms with Crippen LogP contribution in [0.3, 0.4) is 0 Å². The van der Waals surface area contributed by atoms with Crippen LogP contribution in [0.4, 0.5) is 0 Å². The molecule has 2 aromatic rings. The molecule has 0 bridgehead atoms. The normalized spacial score (nSPS) is 23.9. The van der Waals surface area contributed by atoms with Crippen molar-refractivity contribution < 1.29 is 19.2 Å². The molecule has 2 aliphatic rings. The molecule has 188 valence electrons. The number of aliphatic hydroxyl groups is 1. The molecule has 1 aliphatic heterocycles. The molecule has 35 heavy (non-hydrogen) atoms. The fourth-order valence-electron chi connectivity index (χ4n) is 5.06. The molecule has 7 nitrogen and oxygen atoms in total. The van der Waals surface area contributed by atoms with Crippen molar-refractivity contribution in [1.29, 1.82) is 0 Å². The highest BCUT2D eigenvalue weighted by Crippen LogP contribution is 2.34. The highest BCUT2D eigenvalue weighted by Gasteiger charge is 2.43. The number of carbonyl (C=O) groups excluding carboxylic acids is 2. The van der Waals surface area contributed by atoms with Gasteiger partial charge in [-0.25, -0.2) is 0 Å². The summed E-state index contributed by atoms with van der Waals surface area (Å²) in [7, 11) is 0. The van der Waals surface area contributed by atoms with Crippen molar-refractivity contribution in [3.8, 4) is 0 Å². The maximum atomic E-state index is 13.5. The van der Waals surface area contributed by atoms with Gasteiger partial charge in [0, 0.05) is 29.8 Å². The number of aryl methyl sites for hydroxylation is 2. The van der Waals surface area contributed by atoms with Crippen LogP contribution in [0.15, 0.2) is 45.8 Å². The molecule has 0 radical (unpaired) electrons. The molecule has 0 spiro atoms. The van der Waals surface area contributed by atoms with Gasteiger partial charge >= 0.3 is 0 Å². The maximum Gasteiger partial charge on any atom is 0.243 e. The van der Waals surface area contributed by atoms with Gasteiger partial charge in [0.05, 0.1) is 17.8 Å². The SMILES string of the molecule is Cc1cc([C@H](C(=O)N2C[C@H](O)C[C@H]2C(=O)N[C@@H](C)C2=CCC(c3sccc3C)C=C2)C(C)C)on1. The highest BCUT2D eigenvalue weighted by molar-refractivity contribution is 7.10. The number of carbonyl (C=O) groups is 2. The van der Waals surface area contributed by atoms with Gasteiger partial charge < -0.3 is 19.8 Å². The van der Waals surface area contributed by atoms with Crippen LogP contribution in [0, 0.1) is 19.8 Å². The van der Waals surface area contributed by atoms with Gasteiger partial charge in [-0.2, -0.15) is 0 Å². The second-order valence-electron chi connectivity index (χ2n) is 10.1. The van der Waals surface area contributed by atoms with E-state index in [1.165, 1.54) is 15.3 Å². The lowest BCUT2D eigenvalue weighted by Gasteiger charge is -2.30. The molecule has 3 heterocycles. The van der Waals surface area contributed by atoms with Crippen LogP contribution in [0.1, 0.15) is 67.3 Å². The Morgan fingerprint density at radius 1 is 1.29 bits per heavy atom. The Morgan fingerprint density at radius 2 is 2.06 bits per heavy atom. The molecule has 1 unspecified atom stereocenters. The van der Waals surface area contributed by atoms with Gasteiger partial charge in [-0.1, -0.05) is 37.2 Å². The summed E-state index contributed by atoms with van der Waals surface area (Å²) in [6.07, 6.45) is 6.86. The molecule has 0 saturated carbocycles. The summed E-state index contributed by atoms with van der Waals surface area (Å²) in [4.78, 5) is 29.7. The third-order valence-electron chi connectivity index (χ3n) is 6.98. The second kappa shape index (κ2) is 10.5. The number of rotatable bonds is 7. The quantitative estimate of drug-likeness (QED) is 0.597. The first-order chi connectivity index (χ1) is 16.7. The van der Waals surface area contributed by atoms with Crippen LogP contribution in [0.2, 0.25) is 0 Å². The summed E-state index contributed by atoms with van der Waals surface area (Å²) in [5, 5.41) is 19.5. The van der Waals surface area contributed by atoms with E-state index in [4.69, 9.17) is 4.52 Å². The van der Waals surface area contributed by atoms with E-state index in [2.05, 4.69) is 47.1 Å². The van der Waals surface area contributed by atoms with Gasteiger partial charge in [0.1, 0.15) is 17.7 Å². The number of aromatic nitrogens is 1. The van der Waals surface area contributed by atoms with E-state index in [0.717, 1.165) is 12.0 Å². The van der Waals surface area contributed by atoms with Crippen LogP contribution < -0.4 is 5.32 Å². The van der Waals surface area contributed by atoms with Crippen molar-refractivity contribution in [2.75, 3.05) is 6.54 Å². The van der Waals surface area contributed by atoms with E-state index in [1.807, 2.05) is 27.7 Å². The minimum Gasteiger partial charge on any atom is -0.391 e. The van der Waals surface area contributed by atoms with Crippen LogP contribution in [-0.4, -0.2) is 51.7 Å². The highest BCUT2D eigenvalue weighted by atomic mass is 32.1. The Hall–Kier alpha value is -2.71. The van der Waals surface area contributed by atoms with Crippen LogP contribution >= 0.6 is 11.3 Å². The van der Waals surface area contributed by atoms with Crippen LogP contribution in [0.5, 0.6) is 0 Å². The maximum absolute atomic E-state index is 13.5. The Morgan fingerprint density at radius 3 is 2.63 bits per heavy atom. The molecular formula is C27H35N3O4S. The number of nitrogens with one attached hydrogen (secondary N) is 1. The van der Waals surface area contributed by atoms with E-state index < -0.39 is 18.1 Å². The van der Waals surface area contributed by atoms with E-state index in [9.17, 15) is 14.7 Å². The molecule has 2 aromatic heterocycles. The molecule has 1 saturated heterocycles. The molecule has 0 aromatic carbocycles. The average Bonchev–Trinajstić information content (AvgIpc) is 3.53. The standard InChI is InChI=1S/C27H35N3O4S/c1-15(2)24(23-12-17(4)29-34-23)27(33)30-14-21(31)13-22(30)26(32)28-18(5)19-6-8-20(9-7-19)25-16(3)10-11-35-25/h6-8,10-12,15,18,20-22,24,31H,9,13-14H2,1-5H3,(H,28,32)/t18-,20?,21+,22-,24+/m0/s1. The van der Waals surface area contributed by atoms with Gasteiger partial charge in [-0.05, 0) is 55.7 Å². The summed E-state index contributed by atoms with van der Waals surface area (Å²) >= 11 is 1.78. The molecule has 1 aliphatic carbocycles. The summed E-state index contributed by atoms with van der Waals surface area (Å²) in [6, 6.07) is 2.99. The van der Waals surface area contributed by atoms with E-state index in [0.29, 0.717) is 17.4 Å². The van der Waals surface area contributed by atoms with Crippen molar-refractivity contribution >= 4 is 23.2 Å². The van der Waals surface area contributed by atoms with E-state index >= 15 is 0 Å². The zero-order valence-corrected chi connectivity index (χ0v) is 21.8. The number of thiophene rings is 1. The smallest absolute Gasteiger partial charge is 0.243 e. The minimum atomic E-state index is -0.738. The summed E-state index contributed by atoms with van der Waals surface area (Å²) in [5.74, 6) is -0.212. The number of nitrogens with zero attached hydrogens (tertiary/aromatic N) is 2. The number of aliphatic hydroxyl groups excluding tert-OH is 1. The Balaban J connectivity index is 1.43. The third kappa shape index (κ3) is 5.43. The number of hydrogen-bond acceptors (Lipinski definition) is 6. The lowest BCUT2D eigenvalue weighted by atomic mass is 9.91. The fraction of sp³-hybridized carbons (Fsp3) is 0.519. The Bertz CT molecular complexity index is 1130. The van der Waals surface area contributed by atoms with Crippen molar-refractivity contribution in [2.45, 2.75) is 77.5 Å². The first kappa shape index (κ1) is 25.4. The number of amides is 2. The first-order valence-corrected chi connectivity index (χ1v) is 13.2. The van der Waals surface area contributed by atoms with Crippen molar-refractivity contribution in [3.05, 3.63) is 63.2 Å². The predicted octanol–water partition coefficient (Wildman–Crippen LogP) is 4.23. The predicted molar refractivity (Wildman–Crippen MR) is 136 cm³/mol. The van der Waals surface area contributed by atoms with Gasteiger partial charge in [-0.3, -0.25) is 9.59 Å². The Kier molecular flexibility index (Phi) is 7.62. The van der Waals surface area contributed by atoms with E-state index in [1.54, 1.807) is 17.4 Å². The third-order valence-corrected chi connectivity index (χ3v) is 8.13. The minimum absolute atomic E-state index is 0.0484. The molecule has 5 atom stereocenters. The lowest BCUT2D eigenvalue weighted by Crippen LogP contribution is -2.50.